The average Bonchev–Trinajstić information content (AvgIpc) is 3.04. The van der Waals surface area contributed by atoms with Gasteiger partial charge in [-0.3, -0.25) is 4.98 Å². The molecule has 0 aliphatic carbocycles. The van der Waals surface area contributed by atoms with Crippen molar-refractivity contribution in [2.24, 2.45) is 5.92 Å². The van der Waals surface area contributed by atoms with E-state index in [4.69, 9.17) is 0 Å². The summed E-state index contributed by atoms with van der Waals surface area (Å²) >= 11 is 0. The number of carbonyl (C=O) groups is 1. The van der Waals surface area contributed by atoms with E-state index in [0.717, 1.165) is 31.9 Å². The predicted octanol–water partition coefficient (Wildman–Crippen LogP) is -0.396. The molecule has 3 heterocycles. The van der Waals surface area contributed by atoms with Crippen molar-refractivity contribution in [3.05, 3.63) is 34.8 Å². The number of aromatic amines is 2. The summed E-state index contributed by atoms with van der Waals surface area (Å²) < 4.78 is 0. The number of nitrogens with one attached hydrogen (secondary N) is 4. The van der Waals surface area contributed by atoms with E-state index in [0.29, 0.717) is 18.3 Å². The van der Waals surface area contributed by atoms with Crippen molar-refractivity contribution in [1.29, 1.82) is 0 Å². The van der Waals surface area contributed by atoms with Gasteiger partial charge in [-0.1, -0.05) is 0 Å². The molecule has 1 fully saturated rings. The van der Waals surface area contributed by atoms with Crippen LogP contribution in [0.25, 0.3) is 0 Å². The standard InChI is InChI=1S/C14H20N8O2/c23-13(18-8-11-19-14(24)21-20-11)17-7-10-3-1-6-22(9-10)12-15-4-2-5-16-12/h2,4-5,10H,1,3,6-9H2,(H2,17,18,23)(H2,19,20,21,24). The van der Waals surface area contributed by atoms with Gasteiger partial charge in [-0.25, -0.2) is 24.7 Å². The molecule has 1 saturated heterocycles. The van der Waals surface area contributed by atoms with Gasteiger partial charge in [-0.2, -0.15) is 5.10 Å². The highest BCUT2D eigenvalue weighted by atomic mass is 16.2. The van der Waals surface area contributed by atoms with E-state index in [-0.39, 0.29) is 12.6 Å². The summed E-state index contributed by atoms with van der Waals surface area (Å²) in [6, 6.07) is 1.51. The lowest BCUT2D eigenvalue weighted by Gasteiger charge is -2.32. The zero-order chi connectivity index (χ0) is 16.8. The van der Waals surface area contributed by atoms with Gasteiger partial charge in [0.1, 0.15) is 5.82 Å². The summed E-state index contributed by atoms with van der Waals surface area (Å²) in [4.78, 5) is 35.9. The fourth-order valence-corrected chi connectivity index (χ4v) is 2.72. The molecule has 0 spiro atoms. The highest BCUT2D eigenvalue weighted by Crippen LogP contribution is 2.19. The van der Waals surface area contributed by atoms with Crippen molar-refractivity contribution in [3.63, 3.8) is 0 Å². The lowest BCUT2D eigenvalue weighted by atomic mass is 9.98. The molecule has 0 radical (unpaired) electrons. The maximum Gasteiger partial charge on any atom is 0.340 e. The number of carbonyl (C=O) groups excluding carboxylic acids is 1. The van der Waals surface area contributed by atoms with Gasteiger partial charge in [0.25, 0.3) is 0 Å². The van der Waals surface area contributed by atoms with Crippen LogP contribution in [0.5, 0.6) is 0 Å². The fourth-order valence-electron chi connectivity index (χ4n) is 2.72. The molecule has 0 saturated carbocycles. The van der Waals surface area contributed by atoms with E-state index >= 15 is 0 Å². The van der Waals surface area contributed by atoms with E-state index in [2.05, 4.69) is 40.7 Å². The van der Waals surface area contributed by atoms with Crippen molar-refractivity contribution in [3.8, 4) is 0 Å². The molecule has 0 bridgehead atoms. The molecule has 128 valence electrons. The number of urea groups is 1. The van der Waals surface area contributed by atoms with Gasteiger partial charge >= 0.3 is 11.7 Å². The topological polar surface area (TPSA) is 132 Å². The Labute approximate surface area is 138 Å². The zero-order valence-corrected chi connectivity index (χ0v) is 13.2. The third-order valence-corrected chi connectivity index (χ3v) is 3.87. The molecule has 2 amide bonds. The number of aromatic nitrogens is 5. The maximum atomic E-state index is 11.8. The number of nitrogens with zero attached hydrogens (tertiary/aromatic N) is 4. The van der Waals surface area contributed by atoms with Crippen LogP contribution in [0.15, 0.2) is 23.3 Å². The van der Waals surface area contributed by atoms with Crippen molar-refractivity contribution in [2.45, 2.75) is 19.4 Å². The third kappa shape index (κ3) is 4.31. The smallest absolute Gasteiger partial charge is 0.340 e. The number of hydrogen-bond acceptors (Lipinski definition) is 6. The first-order valence-electron chi connectivity index (χ1n) is 7.88. The fraction of sp³-hybridized carbons (Fsp3) is 0.500. The minimum atomic E-state index is -0.391. The molecule has 2 aromatic rings. The molecule has 4 N–H and O–H groups in total. The maximum absolute atomic E-state index is 11.8. The summed E-state index contributed by atoms with van der Waals surface area (Å²) in [5.41, 5.74) is -0.391. The number of piperidine rings is 1. The molecule has 1 aliphatic heterocycles. The Hall–Kier alpha value is -2.91. The van der Waals surface area contributed by atoms with Crippen LogP contribution in [0.1, 0.15) is 18.7 Å². The molecule has 10 heteroatoms. The Kier molecular flexibility index (Phi) is 5.04. The van der Waals surface area contributed by atoms with Crippen LogP contribution >= 0.6 is 0 Å². The number of hydrogen-bond donors (Lipinski definition) is 4. The van der Waals surface area contributed by atoms with Crippen LogP contribution in [0.3, 0.4) is 0 Å². The number of amides is 2. The molecule has 10 nitrogen and oxygen atoms in total. The third-order valence-electron chi connectivity index (χ3n) is 3.87. The number of anilines is 1. The van der Waals surface area contributed by atoms with Gasteiger partial charge in [0.05, 0.1) is 6.54 Å². The highest BCUT2D eigenvalue weighted by Gasteiger charge is 2.21. The van der Waals surface area contributed by atoms with Crippen LogP contribution in [-0.2, 0) is 6.54 Å². The monoisotopic (exact) mass is 332 g/mol. The summed E-state index contributed by atoms with van der Waals surface area (Å²) in [5.74, 6) is 1.47. The lowest BCUT2D eigenvalue weighted by molar-refractivity contribution is 0.237. The van der Waals surface area contributed by atoms with Crippen molar-refractivity contribution in [2.75, 3.05) is 24.5 Å². The van der Waals surface area contributed by atoms with Gasteiger partial charge in [-0.05, 0) is 24.8 Å². The van der Waals surface area contributed by atoms with E-state index in [1.165, 1.54) is 0 Å². The Balaban J connectivity index is 1.42. The van der Waals surface area contributed by atoms with Gasteiger partial charge in [-0.15, -0.1) is 0 Å². The SMILES string of the molecule is O=C(NCc1n[nH]c(=O)[nH]1)NCC1CCCN(c2ncccn2)C1. The number of H-pyrrole nitrogens is 2. The number of rotatable bonds is 5. The lowest BCUT2D eigenvalue weighted by Crippen LogP contribution is -2.44. The zero-order valence-electron chi connectivity index (χ0n) is 13.2. The second-order valence-corrected chi connectivity index (χ2v) is 5.69. The first-order valence-corrected chi connectivity index (χ1v) is 7.88. The first-order chi connectivity index (χ1) is 11.7. The van der Waals surface area contributed by atoms with Crippen molar-refractivity contribution < 1.29 is 4.79 Å². The van der Waals surface area contributed by atoms with Gasteiger partial charge in [0.2, 0.25) is 5.95 Å². The summed E-state index contributed by atoms with van der Waals surface area (Å²) in [5, 5.41) is 11.5. The van der Waals surface area contributed by atoms with E-state index < -0.39 is 5.69 Å². The molecule has 3 rings (SSSR count). The van der Waals surface area contributed by atoms with Crippen LogP contribution in [-0.4, -0.2) is 50.8 Å². The average molecular weight is 332 g/mol. The molecule has 24 heavy (non-hydrogen) atoms. The van der Waals surface area contributed by atoms with Gasteiger partial charge < -0.3 is 15.5 Å². The van der Waals surface area contributed by atoms with Crippen LogP contribution < -0.4 is 21.2 Å². The molecule has 0 aromatic carbocycles. The summed E-state index contributed by atoms with van der Waals surface area (Å²) in [6.07, 6.45) is 5.56. The van der Waals surface area contributed by atoms with Crippen LogP contribution in [0.2, 0.25) is 0 Å². The Bertz CT molecular complexity index is 713. The Morgan fingerprint density at radius 2 is 2.17 bits per heavy atom. The molecular weight excluding hydrogens is 312 g/mol. The van der Waals surface area contributed by atoms with Gasteiger partial charge in [0, 0.05) is 32.0 Å². The second-order valence-electron chi connectivity index (χ2n) is 5.69. The Morgan fingerprint density at radius 3 is 2.92 bits per heavy atom. The predicted molar refractivity (Wildman–Crippen MR) is 86.4 cm³/mol. The van der Waals surface area contributed by atoms with Crippen LogP contribution in [0, 0.1) is 5.92 Å². The molecule has 1 aliphatic rings. The molecule has 1 unspecified atom stereocenters. The quantitative estimate of drug-likeness (QED) is 0.589. The molecule has 1 atom stereocenters. The van der Waals surface area contributed by atoms with E-state index in [1.54, 1.807) is 18.5 Å². The van der Waals surface area contributed by atoms with Crippen LogP contribution in [0.4, 0.5) is 10.7 Å². The summed E-state index contributed by atoms with van der Waals surface area (Å²) in [6.45, 7) is 2.49. The molecule has 2 aromatic heterocycles. The minimum Gasteiger partial charge on any atom is -0.340 e. The van der Waals surface area contributed by atoms with Crippen molar-refractivity contribution in [1.82, 2.24) is 35.8 Å². The Morgan fingerprint density at radius 1 is 1.33 bits per heavy atom. The second kappa shape index (κ2) is 7.57. The minimum absolute atomic E-state index is 0.166. The van der Waals surface area contributed by atoms with Gasteiger partial charge in [0.15, 0.2) is 0 Å². The van der Waals surface area contributed by atoms with E-state index in [1.807, 2.05) is 0 Å². The van der Waals surface area contributed by atoms with Crippen molar-refractivity contribution >= 4 is 12.0 Å². The van der Waals surface area contributed by atoms with E-state index in [9.17, 15) is 9.59 Å². The first kappa shape index (κ1) is 16.0. The molecular formula is C14H20N8O2. The highest BCUT2D eigenvalue weighted by molar-refractivity contribution is 5.73. The largest absolute Gasteiger partial charge is 0.340 e. The normalized spacial score (nSPS) is 17.5. The summed E-state index contributed by atoms with van der Waals surface area (Å²) in [7, 11) is 0.